The summed E-state index contributed by atoms with van der Waals surface area (Å²) < 4.78 is 0. The molecule has 0 aliphatic carbocycles. The van der Waals surface area contributed by atoms with Crippen molar-refractivity contribution in [2.45, 2.75) is 32.4 Å². The van der Waals surface area contributed by atoms with E-state index >= 15 is 0 Å². The molecule has 0 aromatic rings. The van der Waals surface area contributed by atoms with Gasteiger partial charge in [-0.25, -0.2) is 0 Å². The molecule has 2 bridgehead atoms. The largest absolute Gasteiger partial charge is 0.355 e. The number of fused-ring (bicyclic) bond motifs is 3. The monoisotopic (exact) mass is 253 g/mol. The summed E-state index contributed by atoms with van der Waals surface area (Å²) >= 11 is 0. The van der Waals surface area contributed by atoms with Crippen LogP contribution in [-0.4, -0.2) is 74.2 Å². The molecule has 2 unspecified atom stereocenters. The molecule has 0 aromatic carbocycles. The Morgan fingerprint density at radius 2 is 2.06 bits per heavy atom. The summed E-state index contributed by atoms with van der Waals surface area (Å²) in [4.78, 5) is 9.45. The van der Waals surface area contributed by atoms with Crippen LogP contribution in [-0.2, 0) is 0 Å². The van der Waals surface area contributed by atoms with Gasteiger partial charge < -0.3 is 10.6 Å². The van der Waals surface area contributed by atoms with Crippen LogP contribution in [0.4, 0.5) is 0 Å². The second kappa shape index (κ2) is 6.38. The van der Waals surface area contributed by atoms with E-state index in [0.29, 0.717) is 12.1 Å². The fraction of sp³-hybridized carbons (Fsp3) is 0.923. The maximum absolute atomic E-state index is 4.28. The number of hydrogen-bond donors (Lipinski definition) is 2. The lowest BCUT2D eigenvalue weighted by atomic mass is 10.1. The Labute approximate surface area is 111 Å². The zero-order chi connectivity index (χ0) is 13.0. The lowest BCUT2D eigenvalue weighted by Gasteiger charge is -2.47. The predicted molar refractivity (Wildman–Crippen MR) is 76.1 cm³/mol. The first-order valence-electron chi connectivity index (χ1n) is 7.16. The molecule has 0 radical (unpaired) electrons. The van der Waals surface area contributed by atoms with Crippen LogP contribution in [0.1, 0.15) is 20.3 Å². The number of rotatable bonds is 4. The summed E-state index contributed by atoms with van der Waals surface area (Å²) in [5, 5.41) is 6.87. The van der Waals surface area contributed by atoms with E-state index in [4.69, 9.17) is 0 Å². The molecule has 3 fully saturated rings. The molecule has 0 saturated carbocycles. The van der Waals surface area contributed by atoms with Gasteiger partial charge in [0.25, 0.3) is 0 Å². The van der Waals surface area contributed by atoms with E-state index in [9.17, 15) is 0 Å². The van der Waals surface area contributed by atoms with E-state index in [1.165, 1.54) is 32.7 Å². The summed E-state index contributed by atoms with van der Waals surface area (Å²) in [6, 6.07) is 1.12. The molecular weight excluding hydrogens is 226 g/mol. The molecule has 5 heteroatoms. The first-order chi connectivity index (χ1) is 8.72. The van der Waals surface area contributed by atoms with Crippen molar-refractivity contribution in [3.05, 3.63) is 0 Å². The summed E-state index contributed by atoms with van der Waals surface area (Å²) in [7, 11) is 1.84. The SMILES string of the molecule is CCC(C)NC(=NC)NCC1CN2CCN1CC2. The van der Waals surface area contributed by atoms with E-state index in [0.717, 1.165) is 18.9 Å². The van der Waals surface area contributed by atoms with Crippen molar-refractivity contribution in [3.8, 4) is 0 Å². The Bertz CT molecular complexity index is 283. The standard InChI is InChI=1S/C13H27N5/c1-4-11(2)16-13(14-3)15-9-12-10-17-5-7-18(12)8-6-17/h11-12H,4-10H2,1-3H3,(H2,14,15,16). The molecule has 3 saturated heterocycles. The quantitative estimate of drug-likeness (QED) is 0.545. The number of piperazine rings is 3. The van der Waals surface area contributed by atoms with Gasteiger partial charge in [0.15, 0.2) is 5.96 Å². The Morgan fingerprint density at radius 3 is 2.56 bits per heavy atom. The molecule has 104 valence electrons. The van der Waals surface area contributed by atoms with Crippen molar-refractivity contribution in [2.75, 3.05) is 46.3 Å². The third-order valence-electron chi connectivity index (χ3n) is 4.12. The summed E-state index contributed by atoms with van der Waals surface area (Å²) in [6.45, 7) is 11.5. The summed E-state index contributed by atoms with van der Waals surface area (Å²) in [5.74, 6) is 0.932. The van der Waals surface area contributed by atoms with Crippen LogP contribution in [0.5, 0.6) is 0 Å². The maximum Gasteiger partial charge on any atom is 0.191 e. The van der Waals surface area contributed by atoms with Crippen molar-refractivity contribution >= 4 is 5.96 Å². The highest BCUT2D eigenvalue weighted by Crippen LogP contribution is 2.14. The molecule has 3 aliphatic heterocycles. The smallest absolute Gasteiger partial charge is 0.191 e. The molecule has 2 atom stereocenters. The van der Waals surface area contributed by atoms with Crippen LogP contribution in [0.2, 0.25) is 0 Å². The first-order valence-corrected chi connectivity index (χ1v) is 7.16. The van der Waals surface area contributed by atoms with Crippen molar-refractivity contribution in [1.82, 2.24) is 20.4 Å². The molecule has 0 spiro atoms. The fourth-order valence-corrected chi connectivity index (χ4v) is 2.66. The van der Waals surface area contributed by atoms with Crippen LogP contribution < -0.4 is 10.6 Å². The van der Waals surface area contributed by atoms with Crippen LogP contribution >= 0.6 is 0 Å². The highest BCUT2D eigenvalue weighted by Gasteiger charge is 2.31. The van der Waals surface area contributed by atoms with Crippen LogP contribution in [0.3, 0.4) is 0 Å². The molecular formula is C13H27N5. The molecule has 3 aliphatic rings. The lowest BCUT2D eigenvalue weighted by Crippen LogP contribution is -2.64. The van der Waals surface area contributed by atoms with Crippen molar-refractivity contribution in [3.63, 3.8) is 0 Å². The predicted octanol–water partition coefficient (Wildman–Crippen LogP) is -0.0503. The van der Waals surface area contributed by atoms with Gasteiger partial charge in [0.1, 0.15) is 0 Å². The number of guanidine groups is 1. The van der Waals surface area contributed by atoms with Gasteiger partial charge in [-0.3, -0.25) is 14.8 Å². The molecule has 3 heterocycles. The zero-order valence-corrected chi connectivity index (χ0v) is 11.9. The normalized spacial score (nSPS) is 33.3. The number of hydrogen-bond acceptors (Lipinski definition) is 3. The van der Waals surface area contributed by atoms with Gasteiger partial charge in [0.05, 0.1) is 0 Å². The molecule has 5 nitrogen and oxygen atoms in total. The fourth-order valence-electron chi connectivity index (χ4n) is 2.66. The molecule has 0 amide bonds. The minimum Gasteiger partial charge on any atom is -0.355 e. The Kier molecular flexibility index (Phi) is 4.83. The number of aliphatic imine (C=N–C) groups is 1. The van der Waals surface area contributed by atoms with Crippen LogP contribution in [0, 0.1) is 0 Å². The zero-order valence-electron chi connectivity index (χ0n) is 11.9. The molecule has 18 heavy (non-hydrogen) atoms. The van der Waals surface area contributed by atoms with Gasteiger partial charge in [-0.05, 0) is 13.3 Å². The third-order valence-corrected chi connectivity index (χ3v) is 4.12. The lowest BCUT2D eigenvalue weighted by molar-refractivity contribution is 0.0154. The van der Waals surface area contributed by atoms with E-state index in [2.05, 4.69) is 39.3 Å². The van der Waals surface area contributed by atoms with E-state index in [-0.39, 0.29) is 0 Å². The highest BCUT2D eigenvalue weighted by molar-refractivity contribution is 5.79. The maximum atomic E-state index is 4.28. The average molecular weight is 253 g/mol. The topological polar surface area (TPSA) is 42.9 Å². The van der Waals surface area contributed by atoms with Crippen LogP contribution in [0.25, 0.3) is 0 Å². The van der Waals surface area contributed by atoms with E-state index in [1.54, 1.807) is 0 Å². The number of nitrogens with zero attached hydrogens (tertiary/aromatic N) is 3. The Hall–Kier alpha value is -0.810. The van der Waals surface area contributed by atoms with Gasteiger partial charge >= 0.3 is 0 Å². The second-order valence-corrected chi connectivity index (χ2v) is 5.40. The summed E-state index contributed by atoms with van der Waals surface area (Å²) in [6.07, 6.45) is 1.12. The Balaban J connectivity index is 1.76. The second-order valence-electron chi connectivity index (χ2n) is 5.40. The minimum absolute atomic E-state index is 0.475. The first kappa shape index (κ1) is 13.6. The van der Waals surface area contributed by atoms with E-state index in [1.807, 2.05) is 7.05 Å². The molecule has 0 aromatic heterocycles. The molecule has 3 rings (SSSR count). The van der Waals surface area contributed by atoms with Crippen LogP contribution in [0.15, 0.2) is 4.99 Å². The molecule has 2 N–H and O–H groups in total. The summed E-state index contributed by atoms with van der Waals surface area (Å²) in [5.41, 5.74) is 0. The average Bonchev–Trinajstić information content (AvgIpc) is 2.44. The van der Waals surface area contributed by atoms with Gasteiger partial charge in [-0.2, -0.15) is 0 Å². The number of nitrogens with one attached hydrogen (secondary N) is 2. The van der Waals surface area contributed by atoms with Gasteiger partial charge in [-0.15, -0.1) is 0 Å². The van der Waals surface area contributed by atoms with Gasteiger partial charge in [0.2, 0.25) is 0 Å². The van der Waals surface area contributed by atoms with Crippen molar-refractivity contribution < 1.29 is 0 Å². The van der Waals surface area contributed by atoms with Gasteiger partial charge in [0, 0.05) is 58.4 Å². The van der Waals surface area contributed by atoms with Crippen molar-refractivity contribution in [1.29, 1.82) is 0 Å². The van der Waals surface area contributed by atoms with E-state index < -0.39 is 0 Å². The highest BCUT2D eigenvalue weighted by atomic mass is 15.4. The third kappa shape index (κ3) is 3.36. The Morgan fingerprint density at radius 1 is 1.33 bits per heavy atom. The minimum atomic E-state index is 0.475. The van der Waals surface area contributed by atoms with Crippen molar-refractivity contribution in [2.24, 2.45) is 4.99 Å². The van der Waals surface area contributed by atoms with Gasteiger partial charge in [-0.1, -0.05) is 6.92 Å².